The van der Waals surface area contributed by atoms with Gasteiger partial charge in [0.1, 0.15) is 6.61 Å². The summed E-state index contributed by atoms with van der Waals surface area (Å²) in [5.74, 6) is -0.0759. The molecule has 0 aromatic heterocycles. The molecule has 100 valence electrons. The number of halogens is 2. The molecule has 0 bridgehead atoms. The van der Waals surface area contributed by atoms with Crippen molar-refractivity contribution in [2.75, 3.05) is 20.2 Å². The number of ether oxygens (including phenoxy) is 2. The molecule has 1 fully saturated rings. The van der Waals surface area contributed by atoms with E-state index in [1.807, 2.05) is 7.05 Å². The van der Waals surface area contributed by atoms with Crippen LogP contribution >= 0.6 is 15.9 Å². The van der Waals surface area contributed by atoms with E-state index in [0.717, 1.165) is 19.4 Å². The molecule has 1 saturated heterocycles. The van der Waals surface area contributed by atoms with Gasteiger partial charge in [-0.25, -0.2) is 4.39 Å². The third kappa shape index (κ3) is 3.67. The zero-order valence-electron chi connectivity index (χ0n) is 10.3. The molecule has 0 saturated carbocycles. The van der Waals surface area contributed by atoms with Gasteiger partial charge < -0.3 is 14.8 Å². The maximum atomic E-state index is 13.5. The maximum Gasteiger partial charge on any atom is 0.166 e. The zero-order valence-corrected chi connectivity index (χ0v) is 11.9. The molecular formula is C13H17BrFNO2. The number of nitrogens with one attached hydrogen (secondary N) is 1. The van der Waals surface area contributed by atoms with Crippen LogP contribution in [0.2, 0.25) is 0 Å². The van der Waals surface area contributed by atoms with Crippen molar-refractivity contribution in [2.45, 2.75) is 25.0 Å². The first-order valence-corrected chi connectivity index (χ1v) is 6.86. The second kappa shape index (κ2) is 6.50. The largest absolute Gasteiger partial charge is 0.488 e. The second-order valence-electron chi connectivity index (χ2n) is 4.40. The molecule has 1 N–H and O–H groups in total. The van der Waals surface area contributed by atoms with Crippen molar-refractivity contribution in [1.82, 2.24) is 5.32 Å². The Morgan fingerprint density at radius 2 is 2.22 bits per heavy atom. The van der Waals surface area contributed by atoms with E-state index in [1.165, 1.54) is 6.07 Å². The molecule has 1 aliphatic heterocycles. The first-order valence-electron chi connectivity index (χ1n) is 6.07. The van der Waals surface area contributed by atoms with Crippen molar-refractivity contribution in [1.29, 1.82) is 0 Å². The molecule has 2 unspecified atom stereocenters. The highest BCUT2D eigenvalue weighted by Gasteiger charge is 2.25. The van der Waals surface area contributed by atoms with Gasteiger partial charge in [0.05, 0.1) is 12.2 Å². The van der Waals surface area contributed by atoms with Gasteiger partial charge in [0.2, 0.25) is 0 Å². The van der Waals surface area contributed by atoms with Crippen molar-refractivity contribution < 1.29 is 13.9 Å². The Kier molecular flexibility index (Phi) is 4.97. The highest BCUT2D eigenvalue weighted by molar-refractivity contribution is 9.10. The SMILES string of the molecule is CNCC1CCC(COc2ccc(Br)cc2F)O1. The average molecular weight is 318 g/mol. The predicted octanol–water partition coefficient (Wildman–Crippen LogP) is 2.73. The van der Waals surface area contributed by atoms with Crippen LogP contribution in [0.4, 0.5) is 4.39 Å². The fourth-order valence-electron chi connectivity index (χ4n) is 2.06. The molecule has 18 heavy (non-hydrogen) atoms. The number of likely N-dealkylation sites (N-methyl/N-ethyl adjacent to an activating group) is 1. The van der Waals surface area contributed by atoms with Crippen LogP contribution in [-0.4, -0.2) is 32.4 Å². The fraction of sp³-hybridized carbons (Fsp3) is 0.538. The van der Waals surface area contributed by atoms with E-state index in [9.17, 15) is 4.39 Å². The molecule has 3 nitrogen and oxygen atoms in total. The minimum Gasteiger partial charge on any atom is -0.488 e. The topological polar surface area (TPSA) is 30.5 Å². The van der Waals surface area contributed by atoms with E-state index in [4.69, 9.17) is 9.47 Å². The number of hydrogen-bond acceptors (Lipinski definition) is 3. The van der Waals surface area contributed by atoms with Crippen LogP contribution < -0.4 is 10.1 Å². The molecule has 0 amide bonds. The Morgan fingerprint density at radius 3 is 2.94 bits per heavy atom. The van der Waals surface area contributed by atoms with Gasteiger partial charge in [0.25, 0.3) is 0 Å². The third-order valence-electron chi connectivity index (χ3n) is 2.95. The van der Waals surface area contributed by atoms with Crippen molar-refractivity contribution >= 4 is 15.9 Å². The summed E-state index contributed by atoms with van der Waals surface area (Å²) in [4.78, 5) is 0. The Hall–Kier alpha value is -0.650. The second-order valence-corrected chi connectivity index (χ2v) is 5.32. The van der Waals surface area contributed by atoms with Gasteiger partial charge in [-0.05, 0) is 38.1 Å². The lowest BCUT2D eigenvalue weighted by molar-refractivity contribution is 0.0186. The van der Waals surface area contributed by atoms with Gasteiger partial charge >= 0.3 is 0 Å². The summed E-state index contributed by atoms with van der Waals surface area (Å²) in [5.41, 5.74) is 0. The fourth-order valence-corrected chi connectivity index (χ4v) is 2.39. The van der Waals surface area contributed by atoms with Crippen LogP contribution in [0.5, 0.6) is 5.75 Å². The maximum absolute atomic E-state index is 13.5. The first-order chi connectivity index (χ1) is 8.69. The van der Waals surface area contributed by atoms with Crippen LogP contribution in [0.15, 0.2) is 22.7 Å². The number of rotatable bonds is 5. The summed E-state index contributed by atoms with van der Waals surface area (Å²) in [7, 11) is 1.91. The quantitative estimate of drug-likeness (QED) is 0.905. The van der Waals surface area contributed by atoms with Crippen molar-refractivity contribution in [3.8, 4) is 5.75 Å². The Labute approximate surface area is 115 Å². The van der Waals surface area contributed by atoms with Crippen LogP contribution in [-0.2, 0) is 4.74 Å². The van der Waals surface area contributed by atoms with E-state index in [1.54, 1.807) is 12.1 Å². The zero-order chi connectivity index (χ0) is 13.0. The highest BCUT2D eigenvalue weighted by atomic mass is 79.9. The molecule has 2 rings (SSSR count). The minimum absolute atomic E-state index is 0.0615. The van der Waals surface area contributed by atoms with E-state index >= 15 is 0 Å². The lowest BCUT2D eigenvalue weighted by Crippen LogP contribution is -2.26. The van der Waals surface area contributed by atoms with Gasteiger partial charge in [0, 0.05) is 11.0 Å². The predicted molar refractivity (Wildman–Crippen MR) is 71.4 cm³/mol. The molecule has 1 aromatic rings. The smallest absolute Gasteiger partial charge is 0.166 e. The number of benzene rings is 1. The molecule has 0 aliphatic carbocycles. The Balaban J connectivity index is 1.81. The van der Waals surface area contributed by atoms with Gasteiger partial charge in [-0.3, -0.25) is 0 Å². The standard InChI is InChI=1S/C13H17BrFNO2/c1-16-7-10-3-4-11(18-10)8-17-13-5-2-9(14)6-12(13)15/h2,5-6,10-11,16H,3-4,7-8H2,1H3. The summed E-state index contributed by atoms with van der Waals surface area (Å²) in [6.07, 6.45) is 2.30. The van der Waals surface area contributed by atoms with Crippen LogP contribution in [0.25, 0.3) is 0 Å². The van der Waals surface area contributed by atoms with Gasteiger partial charge in [-0.1, -0.05) is 15.9 Å². The summed E-state index contributed by atoms with van der Waals surface area (Å²) >= 11 is 3.21. The van der Waals surface area contributed by atoms with Crippen molar-refractivity contribution in [3.05, 3.63) is 28.5 Å². The van der Waals surface area contributed by atoms with E-state index in [0.29, 0.717) is 11.1 Å². The average Bonchev–Trinajstić information content (AvgIpc) is 2.76. The lowest BCUT2D eigenvalue weighted by Gasteiger charge is -2.14. The van der Waals surface area contributed by atoms with Crippen molar-refractivity contribution in [2.24, 2.45) is 0 Å². The molecule has 5 heteroatoms. The molecular weight excluding hydrogens is 301 g/mol. The molecule has 2 atom stereocenters. The normalized spacial score (nSPS) is 23.3. The summed E-state index contributed by atoms with van der Waals surface area (Å²) in [6.45, 7) is 1.25. The molecule has 0 spiro atoms. The van der Waals surface area contributed by atoms with Crippen molar-refractivity contribution in [3.63, 3.8) is 0 Å². The Bertz CT molecular complexity index is 403. The third-order valence-corrected chi connectivity index (χ3v) is 3.44. The monoisotopic (exact) mass is 317 g/mol. The molecule has 0 radical (unpaired) electrons. The summed E-state index contributed by atoms with van der Waals surface area (Å²) in [5, 5.41) is 3.09. The minimum atomic E-state index is -0.353. The van der Waals surface area contributed by atoms with E-state index < -0.39 is 0 Å². The molecule has 1 aromatic carbocycles. The highest BCUT2D eigenvalue weighted by Crippen LogP contribution is 2.24. The van der Waals surface area contributed by atoms with Crippen LogP contribution in [0.3, 0.4) is 0 Å². The van der Waals surface area contributed by atoms with Crippen LogP contribution in [0.1, 0.15) is 12.8 Å². The van der Waals surface area contributed by atoms with Gasteiger partial charge in [-0.2, -0.15) is 0 Å². The first kappa shape index (κ1) is 13.8. The summed E-state index contributed by atoms with van der Waals surface area (Å²) < 4.78 is 25.5. The number of hydrogen-bond donors (Lipinski definition) is 1. The van der Waals surface area contributed by atoms with E-state index in [-0.39, 0.29) is 23.8 Å². The summed E-state index contributed by atoms with van der Waals surface area (Å²) in [6, 6.07) is 4.78. The van der Waals surface area contributed by atoms with Gasteiger partial charge in [-0.15, -0.1) is 0 Å². The van der Waals surface area contributed by atoms with Crippen LogP contribution in [0, 0.1) is 5.82 Å². The Morgan fingerprint density at radius 1 is 1.44 bits per heavy atom. The van der Waals surface area contributed by atoms with Gasteiger partial charge in [0.15, 0.2) is 11.6 Å². The molecule has 1 aliphatic rings. The van der Waals surface area contributed by atoms with E-state index in [2.05, 4.69) is 21.2 Å². The lowest BCUT2D eigenvalue weighted by atomic mass is 10.2. The molecule has 1 heterocycles.